The summed E-state index contributed by atoms with van der Waals surface area (Å²) in [5, 5.41) is 9.42. The summed E-state index contributed by atoms with van der Waals surface area (Å²) in [6.07, 6.45) is 1.19. The molecule has 6 nitrogen and oxygen atoms in total. The third kappa shape index (κ3) is 2.75. The smallest absolute Gasteiger partial charge is 0.328 e. The maximum Gasteiger partial charge on any atom is 0.328 e. The highest BCUT2D eigenvalue weighted by Gasteiger charge is 2.05. The van der Waals surface area contributed by atoms with Gasteiger partial charge in [0.05, 0.1) is 5.69 Å². The van der Waals surface area contributed by atoms with Crippen molar-refractivity contribution in [1.29, 1.82) is 0 Å². The van der Waals surface area contributed by atoms with Crippen LogP contribution in [0.2, 0.25) is 0 Å². The molecule has 0 aliphatic carbocycles. The molecule has 0 spiro atoms. The topological polar surface area (TPSA) is 98.3 Å². The summed E-state index contributed by atoms with van der Waals surface area (Å²) in [5.74, 6) is -0.510. The number of nitrogens with zero attached hydrogens (tertiary/aromatic N) is 1. The SMILES string of the molecule is O=c1[nH]c(O)c(C=Nc2ccc(Br)cc2)c(=O)[nH]1. The zero-order valence-electron chi connectivity index (χ0n) is 8.98. The predicted octanol–water partition coefficient (Wildman–Crippen LogP) is 1.28. The van der Waals surface area contributed by atoms with Crippen molar-refractivity contribution >= 4 is 27.8 Å². The van der Waals surface area contributed by atoms with Crippen LogP contribution in [0.25, 0.3) is 0 Å². The lowest BCUT2D eigenvalue weighted by molar-refractivity contribution is 0.447. The molecule has 18 heavy (non-hydrogen) atoms. The van der Waals surface area contributed by atoms with Crippen LogP contribution >= 0.6 is 15.9 Å². The second kappa shape index (κ2) is 5.01. The van der Waals surface area contributed by atoms with Crippen LogP contribution in [0, 0.1) is 0 Å². The van der Waals surface area contributed by atoms with Crippen LogP contribution in [0.3, 0.4) is 0 Å². The van der Waals surface area contributed by atoms with Crippen molar-refractivity contribution < 1.29 is 5.11 Å². The van der Waals surface area contributed by atoms with Crippen molar-refractivity contribution in [3.63, 3.8) is 0 Å². The molecule has 92 valence electrons. The summed E-state index contributed by atoms with van der Waals surface area (Å²) in [6, 6.07) is 7.06. The molecule has 0 aliphatic heterocycles. The van der Waals surface area contributed by atoms with Gasteiger partial charge in [-0.15, -0.1) is 0 Å². The molecule has 3 N–H and O–H groups in total. The lowest BCUT2D eigenvalue weighted by Gasteiger charge is -1.96. The minimum absolute atomic E-state index is 0.0995. The molecule has 0 fully saturated rings. The third-order valence-electron chi connectivity index (χ3n) is 2.13. The highest BCUT2D eigenvalue weighted by Crippen LogP contribution is 2.16. The van der Waals surface area contributed by atoms with E-state index in [1.54, 1.807) is 24.3 Å². The predicted molar refractivity (Wildman–Crippen MR) is 70.7 cm³/mol. The average Bonchev–Trinajstić information content (AvgIpc) is 2.30. The number of benzene rings is 1. The van der Waals surface area contributed by atoms with Gasteiger partial charge in [-0.3, -0.25) is 19.8 Å². The van der Waals surface area contributed by atoms with Crippen molar-refractivity contribution in [2.75, 3.05) is 0 Å². The van der Waals surface area contributed by atoms with Crippen LogP contribution in [0.4, 0.5) is 5.69 Å². The van der Waals surface area contributed by atoms with Gasteiger partial charge in [0.15, 0.2) is 0 Å². The summed E-state index contributed by atoms with van der Waals surface area (Å²) in [5.41, 5.74) is -0.948. The Hall–Kier alpha value is -2.15. The summed E-state index contributed by atoms with van der Waals surface area (Å²) in [4.78, 5) is 30.3. The molecule has 0 aliphatic rings. The van der Waals surface area contributed by atoms with Gasteiger partial charge >= 0.3 is 5.69 Å². The van der Waals surface area contributed by atoms with E-state index in [4.69, 9.17) is 0 Å². The van der Waals surface area contributed by atoms with Crippen LogP contribution in [0.5, 0.6) is 5.88 Å². The Kier molecular flexibility index (Phi) is 3.42. The van der Waals surface area contributed by atoms with E-state index in [1.807, 2.05) is 4.98 Å². The van der Waals surface area contributed by atoms with Crippen molar-refractivity contribution in [3.05, 3.63) is 55.1 Å². The van der Waals surface area contributed by atoms with E-state index in [9.17, 15) is 14.7 Å². The zero-order valence-corrected chi connectivity index (χ0v) is 10.6. The molecule has 0 unspecified atom stereocenters. The van der Waals surface area contributed by atoms with Gasteiger partial charge in [0, 0.05) is 10.7 Å². The Morgan fingerprint density at radius 2 is 1.83 bits per heavy atom. The van der Waals surface area contributed by atoms with Crippen LogP contribution in [0.1, 0.15) is 5.56 Å². The highest BCUT2D eigenvalue weighted by atomic mass is 79.9. The standard InChI is InChI=1S/C11H8BrN3O3/c12-6-1-3-7(4-2-6)13-5-8-9(16)14-11(18)15-10(8)17/h1-5H,(H3,14,15,16,17,18). The number of aliphatic imine (C=N–C) groups is 1. The molecule has 0 saturated carbocycles. The van der Waals surface area contributed by atoms with Gasteiger partial charge in [-0.2, -0.15) is 0 Å². The van der Waals surface area contributed by atoms with Gasteiger partial charge < -0.3 is 5.11 Å². The van der Waals surface area contributed by atoms with Crippen molar-refractivity contribution in [1.82, 2.24) is 9.97 Å². The van der Waals surface area contributed by atoms with Gasteiger partial charge in [-0.1, -0.05) is 15.9 Å². The average molecular weight is 310 g/mol. The molecule has 7 heteroatoms. The number of aromatic amines is 2. The lowest BCUT2D eigenvalue weighted by atomic mass is 10.3. The molecule has 1 heterocycles. The van der Waals surface area contributed by atoms with Gasteiger partial charge in [-0.05, 0) is 24.3 Å². The maximum atomic E-state index is 11.4. The monoisotopic (exact) mass is 309 g/mol. The van der Waals surface area contributed by atoms with E-state index in [1.165, 1.54) is 6.21 Å². The fraction of sp³-hybridized carbons (Fsp3) is 0. The number of aromatic hydroxyl groups is 1. The molecule has 0 saturated heterocycles. The first-order valence-electron chi connectivity index (χ1n) is 4.91. The molecule has 1 aromatic carbocycles. The molecular formula is C11H8BrN3O3. The largest absolute Gasteiger partial charge is 0.494 e. The first-order chi connectivity index (χ1) is 8.56. The quantitative estimate of drug-likeness (QED) is 0.729. The fourth-order valence-corrected chi connectivity index (χ4v) is 1.53. The minimum atomic E-state index is -0.765. The van der Waals surface area contributed by atoms with Crippen LogP contribution in [0.15, 0.2) is 43.3 Å². The van der Waals surface area contributed by atoms with Crippen LogP contribution < -0.4 is 11.2 Å². The molecular weight excluding hydrogens is 302 g/mol. The number of nitrogens with one attached hydrogen (secondary N) is 2. The summed E-state index contributed by atoms with van der Waals surface area (Å²) < 4.78 is 0.909. The van der Waals surface area contributed by atoms with Crippen molar-refractivity contribution in [3.8, 4) is 5.88 Å². The summed E-state index contributed by atoms with van der Waals surface area (Å²) in [7, 11) is 0. The number of hydrogen-bond acceptors (Lipinski definition) is 4. The number of hydrogen-bond donors (Lipinski definition) is 3. The number of rotatable bonds is 2. The van der Waals surface area contributed by atoms with Gasteiger partial charge in [0.25, 0.3) is 5.56 Å². The number of halogens is 1. The second-order valence-corrected chi connectivity index (χ2v) is 4.32. The van der Waals surface area contributed by atoms with Gasteiger partial charge in [0.1, 0.15) is 5.56 Å². The molecule has 2 rings (SSSR count). The number of aromatic nitrogens is 2. The van der Waals surface area contributed by atoms with Gasteiger partial charge in [-0.25, -0.2) is 4.79 Å². The molecule has 1 aromatic heterocycles. The minimum Gasteiger partial charge on any atom is -0.494 e. The Morgan fingerprint density at radius 3 is 2.44 bits per heavy atom. The zero-order chi connectivity index (χ0) is 13.1. The Morgan fingerprint density at radius 1 is 1.17 bits per heavy atom. The summed E-state index contributed by atoms with van der Waals surface area (Å²) >= 11 is 3.29. The maximum absolute atomic E-state index is 11.4. The molecule has 0 radical (unpaired) electrons. The highest BCUT2D eigenvalue weighted by molar-refractivity contribution is 9.10. The second-order valence-electron chi connectivity index (χ2n) is 3.41. The number of H-pyrrole nitrogens is 2. The van der Waals surface area contributed by atoms with E-state index in [-0.39, 0.29) is 5.56 Å². The third-order valence-corrected chi connectivity index (χ3v) is 2.66. The van der Waals surface area contributed by atoms with Crippen LogP contribution in [-0.2, 0) is 0 Å². The molecule has 2 aromatic rings. The Bertz CT molecular complexity index is 701. The normalized spacial score (nSPS) is 10.9. The van der Waals surface area contributed by atoms with E-state index < -0.39 is 17.1 Å². The van der Waals surface area contributed by atoms with Crippen molar-refractivity contribution in [2.24, 2.45) is 4.99 Å². The van der Waals surface area contributed by atoms with E-state index in [0.29, 0.717) is 5.69 Å². The molecule has 0 amide bonds. The molecule has 0 bridgehead atoms. The van der Waals surface area contributed by atoms with E-state index >= 15 is 0 Å². The van der Waals surface area contributed by atoms with E-state index in [2.05, 4.69) is 25.9 Å². The fourth-order valence-electron chi connectivity index (χ4n) is 1.27. The first kappa shape index (κ1) is 12.3. The Balaban J connectivity index is 2.38. The van der Waals surface area contributed by atoms with Crippen LogP contribution in [-0.4, -0.2) is 21.3 Å². The van der Waals surface area contributed by atoms with E-state index in [0.717, 1.165) is 4.47 Å². The van der Waals surface area contributed by atoms with Crippen molar-refractivity contribution in [2.45, 2.75) is 0 Å². The summed E-state index contributed by atoms with van der Waals surface area (Å²) in [6.45, 7) is 0. The molecule has 0 atom stereocenters. The Labute approximate surface area is 109 Å². The lowest BCUT2D eigenvalue weighted by Crippen LogP contribution is -2.24. The first-order valence-corrected chi connectivity index (χ1v) is 5.71. The van der Waals surface area contributed by atoms with Gasteiger partial charge in [0.2, 0.25) is 5.88 Å².